The van der Waals surface area contributed by atoms with Crippen molar-refractivity contribution in [3.8, 4) is 0 Å². The molecule has 8 nitrogen and oxygen atoms in total. The maximum Gasteiger partial charge on any atom is 0.319 e. The molecule has 2 aromatic carbocycles. The minimum Gasteiger partial charge on any atom is -0.354 e. The molecule has 0 saturated heterocycles. The fourth-order valence-electron chi connectivity index (χ4n) is 4.75. The molecule has 38 heavy (non-hydrogen) atoms. The minimum atomic E-state index is -3.71. The molecule has 0 radical (unpaired) electrons. The van der Waals surface area contributed by atoms with Crippen molar-refractivity contribution in [1.82, 2.24) is 10.6 Å². The fourth-order valence-corrected chi connectivity index (χ4v) is 5.81. The van der Waals surface area contributed by atoms with E-state index in [1.54, 1.807) is 48.5 Å². The molecule has 1 atom stereocenters. The predicted octanol–water partition coefficient (Wildman–Crippen LogP) is 5.95. The number of carbonyl (C=O) groups is 2. The largest absolute Gasteiger partial charge is 0.354 e. The van der Waals surface area contributed by atoms with E-state index in [2.05, 4.69) is 27.6 Å². The molecule has 1 saturated carbocycles. The topological polar surface area (TPSA) is 116 Å². The number of carbonyl (C=O) groups excluding carboxylic acids is 2. The molecule has 0 spiro atoms. The van der Waals surface area contributed by atoms with Crippen LogP contribution in [-0.4, -0.2) is 32.9 Å². The van der Waals surface area contributed by atoms with E-state index in [4.69, 9.17) is 0 Å². The molecule has 0 bridgehead atoms. The number of urea groups is 1. The first-order valence-corrected chi connectivity index (χ1v) is 15.3. The Morgan fingerprint density at radius 2 is 1.55 bits per heavy atom. The predicted molar refractivity (Wildman–Crippen MR) is 153 cm³/mol. The number of sulfonamides is 1. The summed E-state index contributed by atoms with van der Waals surface area (Å²) in [6.45, 7) is 4.66. The molecule has 0 aliphatic heterocycles. The molecule has 0 heterocycles. The van der Waals surface area contributed by atoms with E-state index < -0.39 is 22.1 Å². The lowest BCUT2D eigenvalue weighted by molar-refractivity contribution is -0.123. The van der Waals surface area contributed by atoms with E-state index in [1.165, 1.54) is 19.3 Å². The number of anilines is 2. The van der Waals surface area contributed by atoms with E-state index in [9.17, 15) is 18.0 Å². The zero-order valence-electron chi connectivity index (χ0n) is 22.6. The zero-order chi connectivity index (χ0) is 27.4. The van der Waals surface area contributed by atoms with E-state index >= 15 is 0 Å². The second-order valence-corrected chi connectivity index (χ2v) is 11.9. The summed E-state index contributed by atoms with van der Waals surface area (Å²) in [6, 6.07) is 12.0. The van der Waals surface area contributed by atoms with Gasteiger partial charge in [-0.05, 0) is 62.1 Å². The summed E-state index contributed by atoms with van der Waals surface area (Å²) in [6.07, 6.45) is 10.7. The van der Waals surface area contributed by atoms with Gasteiger partial charge in [0, 0.05) is 17.9 Å². The van der Waals surface area contributed by atoms with Crippen molar-refractivity contribution in [2.45, 2.75) is 89.0 Å². The molecule has 9 heteroatoms. The Kier molecular flexibility index (Phi) is 11.5. The normalized spacial score (nSPS) is 14.9. The maximum atomic E-state index is 12.9. The molecular weight excluding hydrogens is 500 g/mol. The fraction of sp³-hybridized carbons (Fsp3) is 0.517. The second-order valence-electron chi connectivity index (χ2n) is 10.2. The van der Waals surface area contributed by atoms with Crippen LogP contribution >= 0.6 is 0 Å². The highest BCUT2D eigenvalue weighted by molar-refractivity contribution is 7.92. The van der Waals surface area contributed by atoms with Crippen molar-refractivity contribution in [3.05, 3.63) is 54.1 Å². The van der Waals surface area contributed by atoms with Gasteiger partial charge in [-0.3, -0.25) is 9.52 Å². The first kappa shape index (κ1) is 29.5. The molecule has 0 aromatic heterocycles. The Hall–Kier alpha value is -3.07. The summed E-state index contributed by atoms with van der Waals surface area (Å²) in [4.78, 5) is 25.9. The number of unbranched alkanes of at least 4 members (excludes halogenated alkanes) is 3. The van der Waals surface area contributed by atoms with Gasteiger partial charge in [0.2, 0.25) is 5.91 Å². The molecule has 1 aliphatic carbocycles. The smallest absolute Gasteiger partial charge is 0.319 e. The van der Waals surface area contributed by atoms with Crippen molar-refractivity contribution in [1.29, 1.82) is 0 Å². The van der Waals surface area contributed by atoms with Gasteiger partial charge in [0.05, 0.1) is 4.90 Å². The summed E-state index contributed by atoms with van der Waals surface area (Å²) < 4.78 is 27.8. The number of hydrogen-bond acceptors (Lipinski definition) is 4. The van der Waals surface area contributed by atoms with Gasteiger partial charge in [0.15, 0.2) is 0 Å². The molecule has 208 valence electrons. The Labute approximate surface area is 227 Å². The van der Waals surface area contributed by atoms with Crippen molar-refractivity contribution in [2.24, 2.45) is 5.92 Å². The van der Waals surface area contributed by atoms with Gasteiger partial charge in [-0.2, -0.15) is 0 Å². The number of benzene rings is 2. The van der Waals surface area contributed by atoms with Crippen LogP contribution in [0.3, 0.4) is 0 Å². The number of amides is 3. The van der Waals surface area contributed by atoms with Gasteiger partial charge in [-0.1, -0.05) is 76.0 Å². The van der Waals surface area contributed by atoms with Crippen LogP contribution < -0.4 is 20.7 Å². The summed E-state index contributed by atoms with van der Waals surface area (Å²) in [7, 11) is -3.71. The minimum absolute atomic E-state index is 0.136. The van der Waals surface area contributed by atoms with Crippen LogP contribution in [0.1, 0.15) is 76.7 Å². The lowest BCUT2D eigenvalue weighted by Gasteiger charge is -2.26. The van der Waals surface area contributed by atoms with Crippen molar-refractivity contribution in [3.63, 3.8) is 0 Å². The van der Waals surface area contributed by atoms with Gasteiger partial charge in [0.25, 0.3) is 10.0 Å². The average molecular weight is 543 g/mol. The highest BCUT2D eigenvalue weighted by atomic mass is 32.2. The highest BCUT2D eigenvalue weighted by Gasteiger charge is 2.26. The molecule has 4 N–H and O–H groups in total. The first-order chi connectivity index (χ1) is 18.3. The van der Waals surface area contributed by atoms with Gasteiger partial charge in [-0.15, -0.1) is 0 Å². The molecule has 1 fully saturated rings. The number of nitrogens with one attached hydrogen (secondary N) is 4. The van der Waals surface area contributed by atoms with Crippen LogP contribution in [0, 0.1) is 12.8 Å². The van der Waals surface area contributed by atoms with Crippen LogP contribution in [0.25, 0.3) is 0 Å². The molecule has 3 amide bonds. The highest BCUT2D eigenvalue weighted by Crippen LogP contribution is 2.27. The lowest BCUT2D eigenvalue weighted by atomic mass is 9.84. The summed E-state index contributed by atoms with van der Waals surface area (Å²) in [5.41, 5.74) is 1.86. The molecule has 0 unspecified atom stereocenters. The Bertz CT molecular complexity index is 1130. The van der Waals surface area contributed by atoms with Crippen LogP contribution in [-0.2, 0) is 14.8 Å². The SMILES string of the molecule is CCCCCCNC(=O)[C@@H](CC1CCCCC1)NC(=O)Nc1ccc(NS(=O)(=O)c2ccc(C)cc2)cc1. The quantitative estimate of drug-likeness (QED) is 0.234. The average Bonchev–Trinajstić information content (AvgIpc) is 2.90. The monoisotopic (exact) mass is 542 g/mol. The zero-order valence-corrected chi connectivity index (χ0v) is 23.4. The van der Waals surface area contributed by atoms with Crippen LogP contribution in [0.5, 0.6) is 0 Å². The Morgan fingerprint density at radius 3 is 2.21 bits per heavy atom. The summed E-state index contributed by atoms with van der Waals surface area (Å²) >= 11 is 0. The van der Waals surface area contributed by atoms with Crippen molar-refractivity contribution in [2.75, 3.05) is 16.6 Å². The molecular formula is C29H42N4O4S. The van der Waals surface area contributed by atoms with Gasteiger partial charge in [-0.25, -0.2) is 13.2 Å². The Balaban J connectivity index is 1.56. The third-order valence-corrected chi connectivity index (χ3v) is 8.37. The van der Waals surface area contributed by atoms with Crippen molar-refractivity contribution >= 4 is 33.3 Å². The van der Waals surface area contributed by atoms with E-state index in [1.807, 2.05) is 6.92 Å². The third-order valence-electron chi connectivity index (χ3n) is 6.97. The lowest BCUT2D eigenvalue weighted by Crippen LogP contribution is -2.49. The third kappa shape index (κ3) is 9.67. The van der Waals surface area contributed by atoms with Gasteiger partial charge in [0.1, 0.15) is 6.04 Å². The van der Waals surface area contributed by atoms with E-state index in [0.29, 0.717) is 30.3 Å². The Morgan fingerprint density at radius 1 is 0.895 bits per heavy atom. The van der Waals surface area contributed by atoms with Crippen molar-refractivity contribution < 1.29 is 18.0 Å². The van der Waals surface area contributed by atoms with Crippen LogP contribution in [0.15, 0.2) is 53.4 Å². The van der Waals surface area contributed by atoms with E-state index in [-0.39, 0.29) is 10.8 Å². The summed E-state index contributed by atoms with van der Waals surface area (Å²) in [5.74, 6) is 0.295. The molecule has 2 aromatic rings. The molecule has 3 rings (SSSR count). The molecule has 1 aliphatic rings. The number of rotatable bonds is 13. The van der Waals surface area contributed by atoms with E-state index in [0.717, 1.165) is 44.1 Å². The first-order valence-electron chi connectivity index (χ1n) is 13.8. The number of aryl methyl sites for hydroxylation is 1. The van der Waals surface area contributed by atoms with Gasteiger partial charge < -0.3 is 16.0 Å². The summed E-state index contributed by atoms with van der Waals surface area (Å²) in [5, 5.41) is 8.64. The van der Waals surface area contributed by atoms with Gasteiger partial charge >= 0.3 is 6.03 Å². The van der Waals surface area contributed by atoms with Crippen LogP contribution in [0.2, 0.25) is 0 Å². The maximum absolute atomic E-state index is 12.9. The number of hydrogen-bond donors (Lipinski definition) is 4. The standard InChI is InChI=1S/C29H42N4O4S/c1-3-4-5-9-20-30-28(34)27(21-23-10-7-6-8-11-23)32-29(35)31-24-14-16-25(17-15-24)33-38(36,37)26-18-12-22(2)13-19-26/h12-19,23,27,33H,3-11,20-21H2,1-2H3,(H,30,34)(H2,31,32,35)/t27-/m1/s1. The second kappa shape index (κ2) is 14.8. The van der Waals surface area contributed by atoms with Crippen LogP contribution in [0.4, 0.5) is 16.2 Å².